The molecule has 0 saturated carbocycles. The summed E-state index contributed by atoms with van der Waals surface area (Å²) in [6, 6.07) is 11.1. The lowest BCUT2D eigenvalue weighted by Gasteiger charge is -2.15. The molecule has 3 aromatic rings. The Kier molecular flexibility index (Phi) is 5.39. The molecule has 7 nitrogen and oxygen atoms in total. The third-order valence-electron chi connectivity index (χ3n) is 4.17. The van der Waals surface area contributed by atoms with Crippen molar-refractivity contribution < 1.29 is 28.3 Å². The van der Waals surface area contributed by atoms with E-state index in [0.29, 0.717) is 16.9 Å². The number of hydrogen-bond acceptors (Lipinski definition) is 5. The van der Waals surface area contributed by atoms with E-state index < -0.39 is 23.7 Å². The van der Waals surface area contributed by atoms with Crippen LogP contribution in [0.15, 0.2) is 53.1 Å². The highest BCUT2D eigenvalue weighted by Crippen LogP contribution is 2.31. The molecule has 2 N–H and O–H groups in total. The molecule has 0 aliphatic heterocycles. The molecule has 8 heteroatoms. The molecule has 144 valence electrons. The third kappa shape index (κ3) is 3.85. The van der Waals surface area contributed by atoms with Gasteiger partial charge in [-0.15, -0.1) is 0 Å². The molecule has 2 aromatic carbocycles. The van der Waals surface area contributed by atoms with Crippen molar-refractivity contribution in [2.24, 2.45) is 0 Å². The summed E-state index contributed by atoms with van der Waals surface area (Å²) >= 11 is 0. The van der Waals surface area contributed by atoms with E-state index in [2.05, 4.69) is 10.5 Å². The predicted molar refractivity (Wildman–Crippen MR) is 97.7 cm³/mol. The minimum Gasteiger partial charge on any atom is -0.497 e. The molecule has 0 unspecified atom stereocenters. The fourth-order valence-electron chi connectivity index (χ4n) is 2.76. The van der Waals surface area contributed by atoms with Crippen LogP contribution in [0.5, 0.6) is 5.75 Å². The Balaban J connectivity index is 1.92. The van der Waals surface area contributed by atoms with E-state index in [0.717, 1.165) is 0 Å². The third-order valence-corrected chi connectivity index (χ3v) is 4.17. The van der Waals surface area contributed by atoms with E-state index >= 15 is 0 Å². The van der Waals surface area contributed by atoms with Crippen LogP contribution in [0.25, 0.3) is 11.3 Å². The number of nitrogens with one attached hydrogen (secondary N) is 1. The van der Waals surface area contributed by atoms with Crippen molar-refractivity contribution in [2.45, 2.75) is 13.0 Å². The van der Waals surface area contributed by atoms with E-state index in [1.165, 1.54) is 31.4 Å². The van der Waals surface area contributed by atoms with E-state index in [1.54, 1.807) is 31.2 Å². The summed E-state index contributed by atoms with van der Waals surface area (Å²) in [4.78, 5) is 24.1. The van der Waals surface area contributed by atoms with Crippen molar-refractivity contribution in [1.29, 1.82) is 0 Å². The van der Waals surface area contributed by atoms with Gasteiger partial charge in [0, 0.05) is 11.1 Å². The van der Waals surface area contributed by atoms with Crippen LogP contribution < -0.4 is 10.1 Å². The zero-order chi connectivity index (χ0) is 20.3. The molecule has 1 heterocycles. The number of amides is 1. The molecule has 28 heavy (non-hydrogen) atoms. The number of rotatable bonds is 6. The summed E-state index contributed by atoms with van der Waals surface area (Å²) in [5, 5.41) is 16.0. The number of aromatic nitrogens is 1. The maximum Gasteiger partial charge on any atom is 0.375 e. The molecule has 0 radical (unpaired) electrons. The molecular weight excluding hydrogens is 367 g/mol. The Morgan fingerprint density at radius 3 is 2.36 bits per heavy atom. The van der Waals surface area contributed by atoms with Gasteiger partial charge in [-0.1, -0.05) is 5.16 Å². The van der Waals surface area contributed by atoms with Gasteiger partial charge in [0.25, 0.3) is 5.91 Å². The lowest BCUT2D eigenvalue weighted by molar-refractivity contribution is 0.0648. The Hall–Kier alpha value is -3.68. The van der Waals surface area contributed by atoms with Gasteiger partial charge in [0.15, 0.2) is 0 Å². The first-order valence-electron chi connectivity index (χ1n) is 8.34. The number of ether oxygens (including phenoxy) is 1. The summed E-state index contributed by atoms with van der Waals surface area (Å²) in [7, 11) is 1.52. The fraction of sp³-hybridized carbons (Fsp3) is 0.150. The number of hydrogen-bond donors (Lipinski definition) is 2. The standard InChI is InChI=1S/C20H17FN2O5/c1-11(22-19(24)13-5-9-15(27-2)10-6-13)16-17(23-28-18(16)20(25)26)12-3-7-14(21)8-4-12/h3-11H,1-2H3,(H,22,24)(H,25,26)/t11-/m1/s1. The molecule has 0 spiro atoms. The van der Waals surface area contributed by atoms with Crippen molar-refractivity contribution >= 4 is 11.9 Å². The van der Waals surface area contributed by atoms with Crippen LogP contribution in [-0.4, -0.2) is 29.2 Å². The lowest BCUT2D eigenvalue weighted by Crippen LogP contribution is -2.27. The normalized spacial score (nSPS) is 11.7. The zero-order valence-corrected chi connectivity index (χ0v) is 15.1. The van der Waals surface area contributed by atoms with Crippen molar-refractivity contribution in [3.8, 4) is 17.0 Å². The Morgan fingerprint density at radius 1 is 1.14 bits per heavy atom. The van der Waals surface area contributed by atoms with E-state index in [9.17, 15) is 19.1 Å². The number of carboxylic acid groups (broad SMARTS) is 1. The Morgan fingerprint density at radius 2 is 1.79 bits per heavy atom. The van der Waals surface area contributed by atoms with Gasteiger partial charge in [-0.05, 0) is 55.5 Å². The first kappa shape index (κ1) is 19.1. The average molecular weight is 384 g/mol. The van der Waals surface area contributed by atoms with Gasteiger partial charge in [0.05, 0.1) is 18.7 Å². The molecule has 0 saturated heterocycles. The van der Waals surface area contributed by atoms with Crippen LogP contribution in [0.1, 0.15) is 39.4 Å². The topological polar surface area (TPSA) is 102 Å². The van der Waals surface area contributed by atoms with Gasteiger partial charge in [-0.3, -0.25) is 4.79 Å². The molecule has 3 rings (SSSR count). The average Bonchev–Trinajstić information content (AvgIpc) is 3.14. The second-order valence-corrected chi connectivity index (χ2v) is 6.01. The zero-order valence-electron chi connectivity index (χ0n) is 15.1. The molecule has 1 aromatic heterocycles. The second-order valence-electron chi connectivity index (χ2n) is 6.01. The molecule has 0 fully saturated rings. The summed E-state index contributed by atoms with van der Waals surface area (Å²) < 4.78 is 23.2. The van der Waals surface area contributed by atoms with Gasteiger partial charge < -0.3 is 19.7 Å². The number of aromatic carboxylic acids is 1. The number of carboxylic acids is 1. The van der Waals surface area contributed by atoms with E-state index in [1.807, 2.05) is 0 Å². The van der Waals surface area contributed by atoms with Crippen LogP contribution in [0.3, 0.4) is 0 Å². The van der Waals surface area contributed by atoms with Crippen LogP contribution in [0.4, 0.5) is 4.39 Å². The first-order valence-corrected chi connectivity index (χ1v) is 8.34. The second kappa shape index (κ2) is 7.91. The molecular formula is C20H17FN2O5. The minimum absolute atomic E-state index is 0.195. The molecule has 1 amide bonds. The number of carbonyl (C=O) groups excluding carboxylic acids is 1. The molecule has 0 aliphatic rings. The number of halogens is 1. The van der Waals surface area contributed by atoms with Crippen molar-refractivity contribution in [3.05, 3.63) is 71.2 Å². The smallest absolute Gasteiger partial charge is 0.375 e. The van der Waals surface area contributed by atoms with Crippen molar-refractivity contribution in [2.75, 3.05) is 7.11 Å². The molecule has 0 bridgehead atoms. The highest BCUT2D eigenvalue weighted by Gasteiger charge is 2.28. The highest BCUT2D eigenvalue weighted by molar-refractivity contribution is 5.95. The predicted octanol–water partition coefficient (Wildman–Crippen LogP) is 3.68. The van der Waals surface area contributed by atoms with Gasteiger partial charge in [-0.2, -0.15) is 0 Å². The van der Waals surface area contributed by atoms with Crippen LogP contribution in [0.2, 0.25) is 0 Å². The SMILES string of the molecule is COc1ccc(C(=O)N[C@H](C)c2c(-c3ccc(F)cc3)noc2C(=O)O)cc1. The summed E-state index contributed by atoms with van der Waals surface area (Å²) in [6.07, 6.45) is 0. The number of methoxy groups -OCH3 is 1. The largest absolute Gasteiger partial charge is 0.497 e. The van der Waals surface area contributed by atoms with Gasteiger partial charge in [0.1, 0.15) is 17.3 Å². The van der Waals surface area contributed by atoms with Gasteiger partial charge >= 0.3 is 5.97 Å². The highest BCUT2D eigenvalue weighted by atomic mass is 19.1. The maximum absolute atomic E-state index is 13.2. The first-order chi connectivity index (χ1) is 13.4. The minimum atomic E-state index is -1.32. The van der Waals surface area contributed by atoms with Gasteiger partial charge in [-0.25, -0.2) is 9.18 Å². The van der Waals surface area contributed by atoms with E-state index in [4.69, 9.17) is 9.26 Å². The number of carbonyl (C=O) groups is 2. The summed E-state index contributed by atoms with van der Waals surface area (Å²) in [5.41, 5.74) is 1.27. The maximum atomic E-state index is 13.2. The monoisotopic (exact) mass is 384 g/mol. The molecule has 1 atom stereocenters. The number of nitrogens with zero attached hydrogens (tertiary/aromatic N) is 1. The van der Waals surface area contributed by atoms with Crippen molar-refractivity contribution in [3.63, 3.8) is 0 Å². The Bertz CT molecular complexity index is 996. The van der Waals surface area contributed by atoms with E-state index in [-0.39, 0.29) is 17.0 Å². The van der Waals surface area contributed by atoms with Crippen molar-refractivity contribution in [1.82, 2.24) is 10.5 Å². The summed E-state index contributed by atoms with van der Waals surface area (Å²) in [5.74, 6) is -1.94. The van der Waals surface area contributed by atoms with Crippen LogP contribution >= 0.6 is 0 Å². The Labute approximate surface area is 159 Å². The fourth-order valence-corrected chi connectivity index (χ4v) is 2.76. The number of benzene rings is 2. The van der Waals surface area contributed by atoms with Gasteiger partial charge in [0.2, 0.25) is 5.76 Å². The van der Waals surface area contributed by atoms with Crippen LogP contribution in [-0.2, 0) is 0 Å². The quantitative estimate of drug-likeness (QED) is 0.672. The lowest BCUT2D eigenvalue weighted by atomic mass is 10.00. The van der Waals surface area contributed by atoms with Crippen LogP contribution in [0, 0.1) is 5.82 Å². The summed E-state index contributed by atoms with van der Waals surface area (Å²) in [6.45, 7) is 1.62. The molecule has 0 aliphatic carbocycles.